The fourth-order valence-electron chi connectivity index (χ4n) is 2.35. The van der Waals surface area contributed by atoms with E-state index >= 15 is 0 Å². The summed E-state index contributed by atoms with van der Waals surface area (Å²) in [5.41, 5.74) is 1.97. The fraction of sp³-hybridized carbons (Fsp3) is 0.500. The number of hydrogen-bond donors (Lipinski definition) is 1. The normalized spacial score (nSPS) is 11.0. The van der Waals surface area contributed by atoms with E-state index in [9.17, 15) is 4.79 Å². The molecule has 0 bridgehead atoms. The number of fused-ring (bicyclic) bond motifs is 1. The predicted molar refractivity (Wildman–Crippen MR) is 84.7 cm³/mol. The van der Waals surface area contributed by atoms with Crippen molar-refractivity contribution in [2.45, 2.75) is 12.8 Å². The Morgan fingerprint density at radius 1 is 1.23 bits per heavy atom. The van der Waals surface area contributed by atoms with E-state index in [2.05, 4.69) is 10.2 Å². The number of rotatable bonds is 9. The number of carbonyl (C=O) groups is 1. The molecule has 6 heteroatoms. The Bertz CT molecular complexity index is 597. The van der Waals surface area contributed by atoms with E-state index in [1.54, 1.807) is 20.4 Å². The summed E-state index contributed by atoms with van der Waals surface area (Å²) >= 11 is 0. The Balaban J connectivity index is 1.98. The lowest BCUT2D eigenvalue weighted by atomic mass is 10.1. The molecule has 0 atom stereocenters. The van der Waals surface area contributed by atoms with Gasteiger partial charge in [0.15, 0.2) is 0 Å². The van der Waals surface area contributed by atoms with Gasteiger partial charge in [0.1, 0.15) is 0 Å². The average Bonchev–Trinajstić information content (AvgIpc) is 2.98. The number of aromatic amines is 1. The van der Waals surface area contributed by atoms with Crippen molar-refractivity contribution in [2.24, 2.45) is 0 Å². The maximum absolute atomic E-state index is 12.5. The van der Waals surface area contributed by atoms with Gasteiger partial charge in [-0.2, -0.15) is 5.10 Å². The largest absolute Gasteiger partial charge is 0.385 e. The number of carbonyl (C=O) groups excluding carboxylic acids is 1. The van der Waals surface area contributed by atoms with E-state index in [-0.39, 0.29) is 5.91 Å². The van der Waals surface area contributed by atoms with Gasteiger partial charge in [0.25, 0.3) is 0 Å². The maximum Gasteiger partial charge on any atom is 0.227 e. The summed E-state index contributed by atoms with van der Waals surface area (Å²) in [4.78, 5) is 14.3. The minimum atomic E-state index is 0.107. The van der Waals surface area contributed by atoms with Crippen molar-refractivity contribution in [1.29, 1.82) is 0 Å². The van der Waals surface area contributed by atoms with Crippen LogP contribution in [0.25, 0.3) is 10.9 Å². The first-order chi connectivity index (χ1) is 10.7. The number of methoxy groups -OCH3 is 2. The second kappa shape index (κ2) is 8.51. The van der Waals surface area contributed by atoms with Gasteiger partial charge < -0.3 is 14.4 Å². The van der Waals surface area contributed by atoms with Gasteiger partial charge in [-0.1, -0.05) is 6.07 Å². The molecule has 1 amide bonds. The lowest BCUT2D eigenvalue weighted by molar-refractivity contribution is -0.131. The molecule has 120 valence electrons. The van der Waals surface area contributed by atoms with Crippen LogP contribution in [-0.2, 0) is 20.7 Å². The molecule has 1 heterocycles. The number of nitrogens with zero attached hydrogens (tertiary/aromatic N) is 2. The average molecular weight is 305 g/mol. The van der Waals surface area contributed by atoms with Crippen molar-refractivity contribution in [3.8, 4) is 0 Å². The van der Waals surface area contributed by atoms with Crippen LogP contribution in [0.5, 0.6) is 0 Å². The molecule has 0 fully saturated rings. The molecule has 2 rings (SSSR count). The summed E-state index contributed by atoms with van der Waals surface area (Å²) in [5, 5.41) is 7.93. The molecule has 0 aliphatic carbocycles. The van der Waals surface area contributed by atoms with Gasteiger partial charge in [0.2, 0.25) is 5.91 Å². The highest BCUT2D eigenvalue weighted by atomic mass is 16.5. The standard InChI is InChI=1S/C16H23N3O3/c1-21-8-3-6-19(7-9-22-2)16(20)11-13-4-5-15-14(10-13)12-17-18-15/h4-5,10,12H,3,6-9,11H2,1-2H3,(H,17,18). The first-order valence-electron chi connectivity index (χ1n) is 7.42. The lowest BCUT2D eigenvalue weighted by Crippen LogP contribution is -2.36. The second-order valence-corrected chi connectivity index (χ2v) is 5.19. The lowest BCUT2D eigenvalue weighted by Gasteiger charge is -2.22. The Morgan fingerprint density at radius 3 is 2.82 bits per heavy atom. The zero-order chi connectivity index (χ0) is 15.8. The molecule has 0 aliphatic heterocycles. The van der Waals surface area contributed by atoms with Crippen LogP contribution in [0.15, 0.2) is 24.4 Å². The summed E-state index contributed by atoms with van der Waals surface area (Å²) in [5.74, 6) is 0.107. The molecular weight excluding hydrogens is 282 g/mol. The van der Waals surface area contributed by atoms with Crippen LogP contribution in [0.3, 0.4) is 0 Å². The zero-order valence-corrected chi connectivity index (χ0v) is 13.2. The SMILES string of the molecule is COCCCN(CCOC)C(=O)Cc1ccc2[nH]ncc2c1. The highest BCUT2D eigenvalue weighted by molar-refractivity contribution is 5.83. The molecule has 0 unspecified atom stereocenters. The second-order valence-electron chi connectivity index (χ2n) is 5.19. The summed E-state index contributed by atoms with van der Waals surface area (Å²) in [6.45, 7) is 2.48. The first kappa shape index (κ1) is 16.5. The Kier molecular flexibility index (Phi) is 6.36. The number of ether oxygens (including phenoxy) is 2. The molecule has 1 aromatic heterocycles. The highest BCUT2D eigenvalue weighted by Crippen LogP contribution is 2.14. The first-order valence-corrected chi connectivity index (χ1v) is 7.42. The van der Waals surface area contributed by atoms with Crippen molar-refractivity contribution in [3.63, 3.8) is 0 Å². The van der Waals surface area contributed by atoms with Crippen LogP contribution in [0.2, 0.25) is 0 Å². The quantitative estimate of drug-likeness (QED) is 0.715. The molecular formula is C16H23N3O3. The molecule has 2 aromatic rings. The van der Waals surface area contributed by atoms with Gasteiger partial charge in [-0.05, 0) is 24.1 Å². The molecule has 0 aliphatic rings. The van der Waals surface area contributed by atoms with E-state index in [1.807, 2.05) is 23.1 Å². The summed E-state index contributed by atoms with van der Waals surface area (Å²) in [6, 6.07) is 5.91. The van der Waals surface area contributed by atoms with Crippen molar-refractivity contribution < 1.29 is 14.3 Å². The van der Waals surface area contributed by atoms with Crippen molar-refractivity contribution in [3.05, 3.63) is 30.0 Å². The number of nitrogens with one attached hydrogen (secondary N) is 1. The van der Waals surface area contributed by atoms with Crippen LogP contribution >= 0.6 is 0 Å². The van der Waals surface area contributed by atoms with Gasteiger partial charge in [-0.25, -0.2) is 0 Å². The van der Waals surface area contributed by atoms with Gasteiger partial charge in [0.05, 0.1) is 24.7 Å². The molecule has 1 N–H and O–H groups in total. The van der Waals surface area contributed by atoms with Crippen molar-refractivity contribution >= 4 is 16.8 Å². The topological polar surface area (TPSA) is 67.5 Å². The van der Waals surface area contributed by atoms with E-state index in [0.717, 1.165) is 22.9 Å². The molecule has 0 spiro atoms. The Hall–Kier alpha value is -1.92. The van der Waals surface area contributed by atoms with Crippen LogP contribution in [0.1, 0.15) is 12.0 Å². The third-order valence-electron chi connectivity index (χ3n) is 3.55. The zero-order valence-electron chi connectivity index (χ0n) is 13.2. The number of aromatic nitrogens is 2. The van der Waals surface area contributed by atoms with Crippen LogP contribution in [-0.4, -0.2) is 61.5 Å². The monoisotopic (exact) mass is 305 g/mol. The molecule has 0 saturated heterocycles. The maximum atomic E-state index is 12.5. The van der Waals surface area contributed by atoms with E-state index < -0.39 is 0 Å². The van der Waals surface area contributed by atoms with E-state index in [0.29, 0.717) is 32.7 Å². The minimum Gasteiger partial charge on any atom is -0.385 e. The summed E-state index contributed by atoms with van der Waals surface area (Å²) < 4.78 is 10.1. The van der Waals surface area contributed by atoms with Crippen LogP contribution in [0.4, 0.5) is 0 Å². The third kappa shape index (κ3) is 4.54. The molecule has 0 radical (unpaired) electrons. The number of hydrogen-bond acceptors (Lipinski definition) is 4. The van der Waals surface area contributed by atoms with Crippen molar-refractivity contribution in [1.82, 2.24) is 15.1 Å². The molecule has 0 saturated carbocycles. The summed E-state index contributed by atoms with van der Waals surface area (Å²) in [6.07, 6.45) is 2.98. The van der Waals surface area contributed by atoms with Crippen molar-refractivity contribution in [2.75, 3.05) is 40.5 Å². The fourth-order valence-corrected chi connectivity index (χ4v) is 2.35. The number of benzene rings is 1. The van der Waals surface area contributed by atoms with Gasteiger partial charge in [0, 0.05) is 39.3 Å². The third-order valence-corrected chi connectivity index (χ3v) is 3.55. The highest BCUT2D eigenvalue weighted by Gasteiger charge is 2.14. The van der Waals surface area contributed by atoms with E-state index in [1.165, 1.54) is 0 Å². The number of amides is 1. The predicted octanol–water partition coefficient (Wildman–Crippen LogP) is 1.62. The van der Waals surface area contributed by atoms with E-state index in [4.69, 9.17) is 9.47 Å². The Labute approximate surface area is 130 Å². The van der Waals surface area contributed by atoms with Gasteiger partial charge in [-0.3, -0.25) is 9.89 Å². The summed E-state index contributed by atoms with van der Waals surface area (Å²) in [7, 11) is 3.31. The Morgan fingerprint density at radius 2 is 2.05 bits per heavy atom. The van der Waals surface area contributed by atoms with Gasteiger partial charge in [-0.15, -0.1) is 0 Å². The number of H-pyrrole nitrogens is 1. The molecule has 6 nitrogen and oxygen atoms in total. The van der Waals surface area contributed by atoms with Crippen LogP contribution in [0, 0.1) is 0 Å². The minimum absolute atomic E-state index is 0.107. The molecule has 22 heavy (non-hydrogen) atoms. The van der Waals surface area contributed by atoms with Gasteiger partial charge >= 0.3 is 0 Å². The smallest absolute Gasteiger partial charge is 0.227 e. The van der Waals surface area contributed by atoms with Crippen LogP contribution < -0.4 is 0 Å². The molecule has 1 aromatic carbocycles.